The normalized spacial score (nSPS) is 11.1. The quantitative estimate of drug-likeness (QED) is 0.680. The third-order valence-electron chi connectivity index (χ3n) is 2.45. The van der Waals surface area contributed by atoms with Crippen LogP contribution in [0, 0.1) is 0 Å². The van der Waals surface area contributed by atoms with Crippen molar-refractivity contribution in [1.29, 1.82) is 0 Å². The molecule has 2 aromatic heterocycles. The van der Waals surface area contributed by atoms with E-state index in [0.717, 1.165) is 16.5 Å². The minimum Gasteiger partial charge on any atom is -0.361 e. The lowest BCUT2D eigenvalue weighted by Gasteiger charge is -1.94. The summed E-state index contributed by atoms with van der Waals surface area (Å²) in [6.45, 7) is 0.263. The van der Waals surface area contributed by atoms with Gasteiger partial charge in [0.2, 0.25) is 11.7 Å². The molecule has 5 heteroatoms. The Morgan fingerprint density at radius 1 is 1.31 bits per heavy atom. The van der Waals surface area contributed by atoms with Crippen molar-refractivity contribution in [2.45, 2.75) is 6.54 Å². The van der Waals surface area contributed by atoms with Crippen LogP contribution in [0.5, 0.6) is 0 Å². The number of hydrogen-bond donors (Lipinski definition) is 2. The van der Waals surface area contributed by atoms with E-state index in [1.807, 2.05) is 30.5 Å². The molecule has 0 unspecified atom stereocenters. The Kier molecular flexibility index (Phi) is 1.97. The van der Waals surface area contributed by atoms with Crippen LogP contribution in [0.25, 0.3) is 22.3 Å². The number of aromatic nitrogens is 3. The van der Waals surface area contributed by atoms with Crippen LogP contribution in [-0.2, 0) is 6.54 Å². The van der Waals surface area contributed by atoms with E-state index in [9.17, 15) is 0 Å². The van der Waals surface area contributed by atoms with Crippen LogP contribution in [0.3, 0.4) is 0 Å². The Balaban J connectivity index is 2.10. The zero-order chi connectivity index (χ0) is 11.0. The van der Waals surface area contributed by atoms with E-state index < -0.39 is 0 Å². The van der Waals surface area contributed by atoms with Crippen molar-refractivity contribution in [2.75, 3.05) is 0 Å². The molecule has 0 atom stereocenters. The van der Waals surface area contributed by atoms with Crippen molar-refractivity contribution in [2.24, 2.45) is 5.73 Å². The van der Waals surface area contributed by atoms with Crippen LogP contribution < -0.4 is 5.73 Å². The summed E-state index contributed by atoms with van der Waals surface area (Å²) in [4.78, 5) is 7.31. The first-order chi connectivity index (χ1) is 7.86. The number of rotatable bonds is 2. The van der Waals surface area contributed by atoms with E-state index >= 15 is 0 Å². The van der Waals surface area contributed by atoms with Gasteiger partial charge in [-0.15, -0.1) is 0 Å². The monoisotopic (exact) mass is 214 g/mol. The van der Waals surface area contributed by atoms with Gasteiger partial charge in [-0.3, -0.25) is 0 Å². The lowest BCUT2D eigenvalue weighted by Crippen LogP contribution is -1.95. The van der Waals surface area contributed by atoms with E-state index in [1.165, 1.54) is 0 Å². The van der Waals surface area contributed by atoms with Gasteiger partial charge in [-0.2, -0.15) is 4.98 Å². The van der Waals surface area contributed by atoms with Crippen molar-refractivity contribution >= 4 is 10.9 Å². The molecule has 80 valence electrons. The van der Waals surface area contributed by atoms with Crippen molar-refractivity contribution in [1.82, 2.24) is 15.1 Å². The fraction of sp³-hybridized carbons (Fsp3) is 0.0909. The number of nitrogens with two attached hydrogens (primary N) is 1. The Bertz CT molecular complexity index is 625. The zero-order valence-electron chi connectivity index (χ0n) is 8.47. The van der Waals surface area contributed by atoms with Gasteiger partial charge in [-0.1, -0.05) is 5.16 Å². The summed E-state index contributed by atoms with van der Waals surface area (Å²) < 4.78 is 4.97. The molecule has 0 spiro atoms. The second-order valence-electron chi connectivity index (χ2n) is 3.50. The SMILES string of the molecule is NCc1nc(-c2ccc3[nH]ccc3c2)no1. The second kappa shape index (κ2) is 3.46. The molecule has 0 saturated heterocycles. The fourth-order valence-corrected chi connectivity index (χ4v) is 1.65. The number of fused-ring (bicyclic) bond motifs is 1. The lowest BCUT2D eigenvalue weighted by molar-refractivity contribution is 0.380. The maximum atomic E-state index is 5.41. The van der Waals surface area contributed by atoms with Gasteiger partial charge in [-0.25, -0.2) is 0 Å². The predicted octanol–water partition coefficient (Wildman–Crippen LogP) is 1.68. The fourth-order valence-electron chi connectivity index (χ4n) is 1.65. The van der Waals surface area contributed by atoms with Crippen molar-refractivity contribution in [3.63, 3.8) is 0 Å². The van der Waals surface area contributed by atoms with Gasteiger partial charge < -0.3 is 15.2 Å². The first-order valence-electron chi connectivity index (χ1n) is 4.97. The number of H-pyrrole nitrogens is 1. The maximum Gasteiger partial charge on any atom is 0.240 e. The first-order valence-corrected chi connectivity index (χ1v) is 4.97. The molecule has 1 aromatic carbocycles. The molecule has 0 aliphatic carbocycles. The molecule has 3 aromatic rings. The number of benzene rings is 1. The molecule has 0 saturated carbocycles. The molecule has 0 fully saturated rings. The van der Waals surface area contributed by atoms with Gasteiger partial charge in [-0.05, 0) is 24.3 Å². The van der Waals surface area contributed by atoms with Gasteiger partial charge in [0, 0.05) is 22.7 Å². The molecular formula is C11H10N4O. The summed E-state index contributed by atoms with van der Waals surface area (Å²) in [6.07, 6.45) is 1.90. The Hall–Kier alpha value is -2.14. The second-order valence-corrected chi connectivity index (χ2v) is 3.50. The highest BCUT2D eigenvalue weighted by Crippen LogP contribution is 2.21. The maximum absolute atomic E-state index is 5.41. The summed E-state index contributed by atoms with van der Waals surface area (Å²) in [5, 5.41) is 4.99. The van der Waals surface area contributed by atoms with Crippen LogP contribution >= 0.6 is 0 Å². The minimum absolute atomic E-state index is 0.263. The zero-order valence-corrected chi connectivity index (χ0v) is 8.47. The summed E-state index contributed by atoms with van der Waals surface area (Å²) in [5.41, 5.74) is 7.43. The largest absolute Gasteiger partial charge is 0.361 e. The van der Waals surface area contributed by atoms with E-state index in [0.29, 0.717) is 11.7 Å². The van der Waals surface area contributed by atoms with Gasteiger partial charge in [0.25, 0.3) is 0 Å². The van der Waals surface area contributed by atoms with Gasteiger partial charge in [0.1, 0.15) is 0 Å². The molecular weight excluding hydrogens is 204 g/mol. The molecule has 3 rings (SSSR count). The molecule has 16 heavy (non-hydrogen) atoms. The van der Waals surface area contributed by atoms with E-state index in [-0.39, 0.29) is 6.54 Å². The highest BCUT2D eigenvalue weighted by molar-refractivity contribution is 5.83. The molecule has 0 bridgehead atoms. The Labute approximate surface area is 91.3 Å². The predicted molar refractivity (Wildman–Crippen MR) is 59.5 cm³/mol. The Morgan fingerprint density at radius 3 is 3.06 bits per heavy atom. The summed E-state index contributed by atoms with van der Waals surface area (Å²) in [5.74, 6) is 1.02. The van der Waals surface area contributed by atoms with Crippen molar-refractivity contribution in [3.05, 3.63) is 36.4 Å². The number of nitrogens with zero attached hydrogens (tertiary/aromatic N) is 2. The van der Waals surface area contributed by atoms with Crippen LogP contribution in [-0.4, -0.2) is 15.1 Å². The number of hydrogen-bond acceptors (Lipinski definition) is 4. The molecule has 0 amide bonds. The van der Waals surface area contributed by atoms with Gasteiger partial charge in [0.15, 0.2) is 0 Å². The van der Waals surface area contributed by atoms with E-state index in [2.05, 4.69) is 15.1 Å². The summed E-state index contributed by atoms with van der Waals surface area (Å²) in [7, 11) is 0. The highest BCUT2D eigenvalue weighted by atomic mass is 16.5. The smallest absolute Gasteiger partial charge is 0.240 e. The number of nitrogens with one attached hydrogen (secondary N) is 1. The van der Waals surface area contributed by atoms with Crippen LogP contribution in [0.15, 0.2) is 35.0 Å². The Morgan fingerprint density at radius 2 is 2.25 bits per heavy atom. The third-order valence-corrected chi connectivity index (χ3v) is 2.45. The molecule has 0 aliphatic heterocycles. The van der Waals surface area contributed by atoms with Crippen molar-refractivity contribution in [3.8, 4) is 11.4 Å². The molecule has 3 N–H and O–H groups in total. The lowest BCUT2D eigenvalue weighted by atomic mass is 10.1. The molecule has 0 radical (unpaired) electrons. The van der Waals surface area contributed by atoms with Crippen LogP contribution in [0.1, 0.15) is 5.89 Å². The van der Waals surface area contributed by atoms with Gasteiger partial charge >= 0.3 is 0 Å². The third kappa shape index (κ3) is 1.38. The van der Waals surface area contributed by atoms with Crippen LogP contribution in [0.4, 0.5) is 0 Å². The minimum atomic E-state index is 0.263. The summed E-state index contributed by atoms with van der Waals surface area (Å²) in [6, 6.07) is 7.95. The summed E-state index contributed by atoms with van der Waals surface area (Å²) >= 11 is 0. The average Bonchev–Trinajstić information content (AvgIpc) is 2.96. The molecule has 0 aliphatic rings. The standard InChI is InChI=1S/C11H10N4O/c12-6-10-14-11(15-16-10)8-1-2-9-7(5-8)3-4-13-9/h1-5,13H,6,12H2. The topological polar surface area (TPSA) is 80.7 Å². The van der Waals surface area contributed by atoms with Crippen LogP contribution in [0.2, 0.25) is 0 Å². The van der Waals surface area contributed by atoms with E-state index in [1.54, 1.807) is 0 Å². The van der Waals surface area contributed by atoms with Crippen molar-refractivity contribution < 1.29 is 4.52 Å². The molecule has 5 nitrogen and oxygen atoms in total. The first kappa shape index (κ1) is 9.11. The average molecular weight is 214 g/mol. The van der Waals surface area contributed by atoms with E-state index in [4.69, 9.17) is 10.3 Å². The van der Waals surface area contributed by atoms with Gasteiger partial charge in [0.05, 0.1) is 6.54 Å². The number of aromatic amines is 1. The molecule has 2 heterocycles. The highest BCUT2D eigenvalue weighted by Gasteiger charge is 2.07.